The van der Waals surface area contributed by atoms with Gasteiger partial charge in [0.1, 0.15) is 11.9 Å². The van der Waals surface area contributed by atoms with Gasteiger partial charge in [-0.05, 0) is 37.1 Å². The summed E-state index contributed by atoms with van der Waals surface area (Å²) in [5.74, 6) is -0.504. The summed E-state index contributed by atoms with van der Waals surface area (Å²) >= 11 is 0. The monoisotopic (exact) mass is 349 g/mol. The maximum absolute atomic E-state index is 12.5. The molecule has 1 aliphatic heterocycles. The smallest absolute Gasteiger partial charge is 0.305 e. The highest BCUT2D eigenvalue weighted by molar-refractivity contribution is 5.95. The Kier molecular flexibility index (Phi) is 6.42. The largest absolute Gasteiger partial charge is 0.490 e. The molecule has 6 nitrogen and oxygen atoms in total. The Morgan fingerprint density at radius 1 is 1.28 bits per heavy atom. The van der Waals surface area contributed by atoms with E-state index in [9.17, 15) is 9.59 Å². The van der Waals surface area contributed by atoms with Gasteiger partial charge in [-0.3, -0.25) is 9.59 Å². The molecule has 1 amide bonds. The van der Waals surface area contributed by atoms with Crippen LogP contribution >= 0.6 is 0 Å². The van der Waals surface area contributed by atoms with Crippen LogP contribution in [-0.4, -0.2) is 41.8 Å². The lowest BCUT2D eigenvalue weighted by Gasteiger charge is -2.33. The summed E-state index contributed by atoms with van der Waals surface area (Å²) in [5.41, 5.74) is -0.322. The first-order valence-corrected chi connectivity index (χ1v) is 8.69. The number of amides is 1. The van der Waals surface area contributed by atoms with Crippen molar-refractivity contribution in [3.63, 3.8) is 0 Å². The van der Waals surface area contributed by atoms with Crippen molar-refractivity contribution in [1.82, 2.24) is 5.32 Å². The third kappa shape index (κ3) is 5.46. The van der Waals surface area contributed by atoms with Crippen LogP contribution in [0, 0.1) is 5.92 Å². The lowest BCUT2D eigenvalue weighted by molar-refractivity contribution is -0.138. The summed E-state index contributed by atoms with van der Waals surface area (Å²) in [7, 11) is 0. The summed E-state index contributed by atoms with van der Waals surface area (Å²) in [6.07, 6.45) is 1.75. The average molecular weight is 349 g/mol. The normalized spacial score (nSPS) is 17.8. The zero-order chi connectivity index (χ0) is 18.4. The number of rotatable bonds is 7. The molecule has 1 saturated heterocycles. The molecule has 0 bridgehead atoms. The second kappa shape index (κ2) is 8.34. The zero-order valence-electron chi connectivity index (χ0n) is 15.1. The van der Waals surface area contributed by atoms with Crippen LogP contribution in [0.1, 0.15) is 50.4 Å². The Bertz CT molecular complexity index is 592. The molecule has 1 aromatic carbocycles. The van der Waals surface area contributed by atoms with E-state index in [1.54, 1.807) is 31.2 Å². The van der Waals surface area contributed by atoms with Crippen molar-refractivity contribution in [1.29, 1.82) is 0 Å². The van der Waals surface area contributed by atoms with Gasteiger partial charge in [-0.25, -0.2) is 0 Å². The van der Waals surface area contributed by atoms with E-state index in [2.05, 4.69) is 5.32 Å². The van der Waals surface area contributed by atoms with Crippen molar-refractivity contribution in [3.8, 4) is 5.75 Å². The number of carbonyl (C=O) groups excluding carboxylic acids is 1. The Balaban J connectivity index is 2.00. The number of hydrogen-bond acceptors (Lipinski definition) is 4. The Morgan fingerprint density at radius 2 is 1.88 bits per heavy atom. The fourth-order valence-electron chi connectivity index (χ4n) is 2.71. The van der Waals surface area contributed by atoms with Crippen LogP contribution < -0.4 is 10.1 Å². The highest BCUT2D eigenvalue weighted by Gasteiger charge is 2.33. The van der Waals surface area contributed by atoms with E-state index in [4.69, 9.17) is 14.6 Å². The second-order valence-electron chi connectivity index (χ2n) is 7.05. The summed E-state index contributed by atoms with van der Waals surface area (Å²) in [6, 6.07) is 6.94. The number of carboxylic acid groups (broad SMARTS) is 1. The van der Waals surface area contributed by atoms with Gasteiger partial charge in [-0.2, -0.15) is 0 Å². The molecule has 0 saturated carbocycles. The molecule has 2 rings (SSSR count). The molecule has 1 fully saturated rings. The molecule has 0 radical (unpaired) electrons. The van der Waals surface area contributed by atoms with Crippen molar-refractivity contribution in [2.24, 2.45) is 5.92 Å². The molecule has 138 valence electrons. The standard InChI is InChI=1S/C19H27NO5/c1-13(2)19(3,12-17(21)22)20-18(23)14-4-6-15(7-5-14)25-16-8-10-24-11-9-16/h4-7,13,16H,8-12H2,1-3H3,(H,20,23)(H,21,22). The van der Waals surface area contributed by atoms with Gasteiger partial charge < -0.3 is 19.9 Å². The molecule has 1 unspecified atom stereocenters. The lowest BCUT2D eigenvalue weighted by Crippen LogP contribution is -2.51. The number of carbonyl (C=O) groups is 2. The van der Waals surface area contributed by atoms with E-state index in [1.807, 2.05) is 13.8 Å². The van der Waals surface area contributed by atoms with Crippen molar-refractivity contribution < 1.29 is 24.2 Å². The van der Waals surface area contributed by atoms with Gasteiger partial charge in [0.05, 0.1) is 25.2 Å². The summed E-state index contributed by atoms with van der Waals surface area (Å²) < 4.78 is 11.2. The Morgan fingerprint density at radius 3 is 2.40 bits per heavy atom. The minimum atomic E-state index is -0.934. The molecule has 0 aromatic heterocycles. The fraction of sp³-hybridized carbons (Fsp3) is 0.579. The van der Waals surface area contributed by atoms with Crippen LogP contribution in [0.5, 0.6) is 5.75 Å². The van der Waals surface area contributed by atoms with Crippen LogP contribution in [0.25, 0.3) is 0 Å². The fourth-order valence-corrected chi connectivity index (χ4v) is 2.71. The molecule has 1 heterocycles. The Hall–Kier alpha value is -2.08. The van der Waals surface area contributed by atoms with Crippen LogP contribution in [0.2, 0.25) is 0 Å². The van der Waals surface area contributed by atoms with E-state index in [-0.39, 0.29) is 24.3 Å². The number of carboxylic acids is 1. The predicted molar refractivity (Wildman–Crippen MR) is 93.9 cm³/mol. The highest BCUT2D eigenvalue weighted by Crippen LogP contribution is 2.23. The molecule has 6 heteroatoms. The van der Waals surface area contributed by atoms with Crippen molar-refractivity contribution in [2.45, 2.75) is 51.7 Å². The van der Waals surface area contributed by atoms with Crippen LogP contribution in [0.4, 0.5) is 0 Å². The molecule has 25 heavy (non-hydrogen) atoms. The van der Waals surface area contributed by atoms with Crippen molar-refractivity contribution in [3.05, 3.63) is 29.8 Å². The van der Waals surface area contributed by atoms with Gasteiger partial charge in [0.25, 0.3) is 5.91 Å². The van der Waals surface area contributed by atoms with Gasteiger partial charge in [0, 0.05) is 18.4 Å². The predicted octanol–water partition coefficient (Wildman–Crippen LogP) is 2.86. The lowest BCUT2D eigenvalue weighted by atomic mass is 9.85. The van der Waals surface area contributed by atoms with Gasteiger partial charge in [-0.15, -0.1) is 0 Å². The molecule has 0 spiro atoms. The van der Waals surface area contributed by atoms with Gasteiger partial charge in [0.2, 0.25) is 0 Å². The molecule has 2 N–H and O–H groups in total. The number of ether oxygens (including phenoxy) is 2. The molecular weight excluding hydrogens is 322 g/mol. The SMILES string of the molecule is CC(C)C(C)(CC(=O)O)NC(=O)c1ccc(OC2CCOCC2)cc1. The van der Waals surface area contributed by atoms with E-state index < -0.39 is 11.5 Å². The quantitative estimate of drug-likeness (QED) is 0.791. The third-order valence-electron chi connectivity index (χ3n) is 4.78. The number of nitrogens with one attached hydrogen (secondary N) is 1. The first-order chi connectivity index (χ1) is 11.8. The Labute approximate surface area is 148 Å². The van der Waals surface area contributed by atoms with Crippen molar-refractivity contribution in [2.75, 3.05) is 13.2 Å². The number of benzene rings is 1. The van der Waals surface area contributed by atoms with E-state index in [0.717, 1.165) is 18.6 Å². The molecule has 1 aromatic rings. The van der Waals surface area contributed by atoms with Crippen LogP contribution in [0.15, 0.2) is 24.3 Å². The molecule has 0 aliphatic carbocycles. The number of aliphatic carboxylic acids is 1. The highest BCUT2D eigenvalue weighted by atomic mass is 16.5. The molecular formula is C19H27NO5. The summed E-state index contributed by atoms with van der Waals surface area (Å²) in [4.78, 5) is 23.6. The van der Waals surface area contributed by atoms with E-state index in [0.29, 0.717) is 18.8 Å². The van der Waals surface area contributed by atoms with E-state index >= 15 is 0 Å². The minimum Gasteiger partial charge on any atom is -0.490 e. The summed E-state index contributed by atoms with van der Waals surface area (Å²) in [6.45, 7) is 6.97. The maximum atomic E-state index is 12.5. The third-order valence-corrected chi connectivity index (χ3v) is 4.78. The van der Waals surface area contributed by atoms with Gasteiger partial charge in [0.15, 0.2) is 0 Å². The maximum Gasteiger partial charge on any atom is 0.305 e. The zero-order valence-corrected chi connectivity index (χ0v) is 15.1. The van der Waals surface area contributed by atoms with E-state index in [1.165, 1.54) is 0 Å². The van der Waals surface area contributed by atoms with Crippen LogP contribution in [-0.2, 0) is 9.53 Å². The van der Waals surface area contributed by atoms with Crippen molar-refractivity contribution >= 4 is 11.9 Å². The summed E-state index contributed by atoms with van der Waals surface area (Å²) in [5, 5.41) is 12.0. The molecule has 1 atom stereocenters. The van der Waals surface area contributed by atoms with Gasteiger partial charge in [-0.1, -0.05) is 13.8 Å². The van der Waals surface area contributed by atoms with Crippen LogP contribution in [0.3, 0.4) is 0 Å². The minimum absolute atomic E-state index is 0.0105. The molecule has 1 aliphatic rings. The second-order valence-corrected chi connectivity index (χ2v) is 7.05. The average Bonchev–Trinajstić information content (AvgIpc) is 2.55. The van der Waals surface area contributed by atoms with Gasteiger partial charge >= 0.3 is 5.97 Å². The topological polar surface area (TPSA) is 84.9 Å². The first-order valence-electron chi connectivity index (χ1n) is 8.69. The first kappa shape index (κ1) is 19.2. The number of hydrogen-bond donors (Lipinski definition) is 2.